The van der Waals surface area contributed by atoms with E-state index in [1.807, 2.05) is 18.9 Å². The second-order valence-electron chi connectivity index (χ2n) is 4.98. The van der Waals surface area contributed by atoms with Crippen LogP contribution in [0.1, 0.15) is 16.7 Å². The summed E-state index contributed by atoms with van der Waals surface area (Å²) in [6.07, 6.45) is 1.74. The van der Waals surface area contributed by atoms with Gasteiger partial charge in [0.1, 0.15) is 0 Å². The molecule has 0 aliphatic heterocycles. The molecule has 0 unspecified atom stereocenters. The van der Waals surface area contributed by atoms with Crippen LogP contribution < -0.4 is 15.8 Å². The summed E-state index contributed by atoms with van der Waals surface area (Å²) in [7, 11) is 1.95. The molecule has 21 heavy (non-hydrogen) atoms. The van der Waals surface area contributed by atoms with Crippen LogP contribution in [0.5, 0.6) is 0 Å². The van der Waals surface area contributed by atoms with Gasteiger partial charge in [-0.1, -0.05) is 0 Å². The van der Waals surface area contributed by atoms with Crippen molar-refractivity contribution in [3.63, 3.8) is 0 Å². The first-order valence-electron chi connectivity index (χ1n) is 7.14. The van der Waals surface area contributed by atoms with Crippen LogP contribution in [0.25, 0.3) is 0 Å². The molecule has 0 aliphatic carbocycles. The summed E-state index contributed by atoms with van der Waals surface area (Å²) in [6.45, 7) is 7.15. The quantitative estimate of drug-likeness (QED) is 0.793. The Bertz CT molecular complexity index is 635. The molecule has 0 fully saturated rings. The second kappa shape index (κ2) is 7.38. The van der Waals surface area contributed by atoms with Crippen LogP contribution in [-0.2, 0) is 13.1 Å². The van der Waals surface area contributed by atoms with Crippen molar-refractivity contribution in [1.29, 1.82) is 0 Å². The first kappa shape index (κ1) is 15.7. The van der Waals surface area contributed by atoms with Gasteiger partial charge in [0.2, 0.25) is 0 Å². The van der Waals surface area contributed by atoms with E-state index in [2.05, 4.69) is 29.5 Å². The summed E-state index contributed by atoms with van der Waals surface area (Å²) in [6, 6.07) is 5.89. The molecule has 6 heteroatoms. The summed E-state index contributed by atoms with van der Waals surface area (Å²) < 4.78 is 1.50. The molecule has 0 aliphatic rings. The minimum atomic E-state index is -0.0541. The number of thiophene rings is 1. The SMILES string of the molecule is CCN(C)c1cnn(CCNCc2ccc(C)s2)c(=O)c1. The number of aryl methyl sites for hydroxylation is 1. The van der Waals surface area contributed by atoms with Gasteiger partial charge < -0.3 is 10.2 Å². The zero-order valence-corrected chi connectivity index (χ0v) is 13.6. The lowest BCUT2D eigenvalue weighted by atomic mass is 10.4. The Balaban J connectivity index is 1.84. The third kappa shape index (κ3) is 4.41. The standard InChI is InChI=1S/C15H22N4OS/c1-4-18(3)13-9-15(20)19(17-10-13)8-7-16-11-14-6-5-12(2)21-14/h5-6,9-10,16H,4,7-8,11H2,1-3H3. The molecule has 0 bridgehead atoms. The minimum Gasteiger partial charge on any atom is -0.373 e. The van der Waals surface area contributed by atoms with E-state index < -0.39 is 0 Å². The van der Waals surface area contributed by atoms with Gasteiger partial charge in [0.05, 0.1) is 18.4 Å². The molecule has 2 aromatic rings. The Labute approximate surface area is 129 Å². The number of hydrogen-bond acceptors (Lipinski definition) is 5. The largest absolute Gasteiger partial charge is 0.373 e. The fourth-order valence-electron chi connectivity index (χ4n) is 1.96. The highest BCUT2D eigenvalue weighted by Gasteiger charge is 2.03. The molecule has 5 nitrogen and oxygen atoms in total. The van der Waals surface area contributed by atoms with Gasteiger partial charge in [0.25, 0.3) is 5.56 Å². The number of aromatic nitrogens is 2. The third-order valence-corrected chi connectivity index (χ3v) is 4.37. The Morgan fingerprint density at radius 2 is 2.24 bits per heavy atom. The predicted octanol–water partition coefficient (Wildman–Crippen LogP) is 1.86. The van der Waals surface area contributed by atoms with Crippen molar-refractivity contribution < 1.29 is 0 Å². The summed E-state index contributed by atoms with van der Waals surface area (Å²) in [5.74, 6) is 0. The fourth-order valence-corrected chi connectivity index (χ4v) is 2.82. The van der Waals surface area contributed by atoms with Crippen LogP contribution >= 0.6 is 11.3 Å². The zero-order chi connectivity index (χ0) is 15.2. The molecule has 2 aromatic heterocycles. The molecular formula is C15H22N4OS. The summed E-state index contributed by atoms with van der Waals surface area (Å²) in [5.41, 5.74) is 0.808. The van der Waals surface area contributed by atoms with E-state index in [9.17, 15) is 4.79 Å². The Kier molecular flexibility index (Phi) is 5.52. The summed E-state index contributed by atoms with van der Waals surface area (Å²) in [4.78, 5) is 16.6. The van der Waals surface area contributed by atoms with Gasteiger partial charge in [0, 0.05) is 42.5 Å². The molecule has 0 saturated heterocycles. The highest BCUT2D eigenvalue weighted by Crippen LogP contribution is 2.14. The van der Waals surface area contributed by atoms with Crippen molar-refractivity contribution in [1.82, 2.24) is 15.1 Å². The Hall–Kier alpha value is -1.66. The second-order valence-corrected chi connectivity index (χ2v) is 6.35. The van der Waals surface area contributed by atoms with E-state index in [-0.39, 0.29) is 5.56 Å². The van der Waals surface area contributed by atoms with E-state index in [4.69, 9.17) is 0 Å². The average Bonchev–Trinajstić information content (AvgIpc) is 2.89. The van der Waals surface area contributed by atoms with Gasteiger partial charge in [-0.25, -0.2) is 4.68 Å². The molecule has 1 N–H and O–H groups in total. The summed E-state index contributed by atoms with van der Waals surface area (Å²) >= 11 is 1.79. The number of rotatable bonds is 7. The Morgan fingerprint density at radius 3 is 2.86 bits per heavy atom. The highest BCUT2D eigenvalue weighted by molar-refractivity contribution is 7.11. The maximum Gasteiger partial charge on any atom is 0.268 e. The van der Waals surface area contributed by atoms with Crippen molar-refractivity contribution >= 4 is 17.0 Å². The van der Waals surface area contributed by atoms with E-state index >= 15 is 0 Å². The van der Waals surface area contributed by atoms with Crippen LogP contribution in [0.2, 0.25) is 0 Å². The van der Waals surface area contributed by atoms with Gasteiger partial charge in [-0.05, 0) is 26.0 Å². The molecule has 0 amide bonds. The van der Waals surface area contributed by atoms with Crippen LogP contribution in [-0.4, -0.2) is 29.9 Å². The molecular weight excluding hydrogens is 284 g/mol. The molecule has 0 radical (unpaired) electrons. The van der Waals surface area contributed by atoms with Gasteiger partial charge >= 0.3 is 0 Å². The van der Waals surface area contributed by atoms with Crippen molar-refractivity contribution in [3.8, 4) is 0 Å². The minimum absolute atomic E-state index is 0.0541. The number of nitrogens with zero attached hydrogens (tertiary/aromatic N) is 3. The molecule has 2 heterocycles. The van der Waals surface area contributed by atoms with Crippen molar-refractivity contribution in [3.05, 3.63) is 44.5 Å². The van der Waals surface area contributed by atoms with Crippen molar-refractivity contribution in [2.45, 2.75) is 26.9 Å². The van der Waals surface area contributed by atoms with E-state index in [1.54, 1.807) is 23.6 Å². The van der Waals surface area contributed by atoms with Crippen LogP contribution in [0, 0.1) is 6.92 Å². The van der Waals surface area contributed by atoms with Crippen LogP contribution in [0.15, 0.2) is 29.2 Å². The number of hydrogen-bond donors (Lipinski definition) is 1. The first-order valence-corrected chi connectivity index (χ1v) is 7.96. The monoisotopic (exact) mass is 306 g/mol. The lowest BCUT2D eigenvalue weighted by Crippen LogP contribution is -2.29. The first-order chi connectivity index (χ1) is 10.1. The fraction of sp³-hybridized carbons (Fsp3) is 0.467. The van der Waals surface area contributed by atoms with Crippen molar-refractivity contribution in [2.24, 2.45) is 0 Å². The molecule has 0 saturated carbocycles. The van der Waals surface area contributed by atoms with E-state index in [0.29, 0.717) is 6.54 Å². The molecule has 0 atom stereocenters. The van der Waals surface area contributed by atoms with Crippen LogP contribution in [0.3, 0.4) is 0 Å². The molecule has 0 aromatic carbocycles. The zero-order valence-electron chi connectivity index (χ0n) is 12.8. The smallest absolute Gasteiger partial charge is 0.268 e. The van der Waals surface area contributed by atoms with Gasteiger partial charge in [0.15, 0.2) is 0 Å². The van der Waals surface area contributed by atoms with Crippen molar-refractivity contribution in [2.75, 3.05) is 25.0 Å². The number of nitrogens with one attached hydrogen (secondary N) is 1. The highest BCUT2D eigenvalue weighted by atomic mass is 32.1. The maximum atomic E-state index is 12.0. The molecule has 114 valence electrons. The average molecular weight is 306 g/mol. The number of anilines is 1. The van der Waals surface area contributed by atoms with Crippen LogP contribution in [0.4, 0.5) is 5.69 Å². The molecule has 2 rings (SSSR count). The lowest BCUT2D eigenvalue weighted by Gasteiger charge is -2.16. The van der Waals surface area contributed by atoms with E-state index in [1.165, 1.54) is 14.4 Å². The normalized spacial score (nSPS) is 10.8. The predicted molar refractivity (Wildman–Crippen MR) is 88.2 cm³/mol. The van der Waals surface area contributed by atoms with Gasteiger partial charge in [-0.2, -0.15) is 5.10 Å². The third-order valence-electron chi connectivity index (χ3n) is 3.37. The maximum absolute atomic E-state index is 12.0. The summed E-state index contributed by atoms with van der Waals surface area (Å²) in [5, 5.41) is 7.56. The molecule has 0 spiro atoms. The lowest BCUT2D eigenvalue weighted by molar-refractivity contribution is 0.533. The van der Waals surface area contributed by atoms with Gasteiger partial charge in [-0.3, -0.25) is 4.79 Å². The topological polar surface area (TPSA) is 50.2 Å². The Morgan fingerprint density at radius 1 is 1.43 bits per heavy atom. The van der Waals surface area contributed by atoms with E-state index in [0.717, 1.165) is 25.3 Å². The van der Waals surface area contributed by atoms with Gasteiger partial charge in [-0.15, -0.1) is 11.3 Å².